The third-order valence-corrected chi connectivity index (χ3v) is 6.68. The Labute approximate surface area is 121 Å². The van der Waals surface area contributed by atoms with Crippen LogP contribution in [-0.4, -0.2) is 71.4 Å². The molecule has 2 saturated heterocycles. The number of rotatable bonds is 2. The van der Waals surface area contributed by atoms with Crippen LogP contribution in [0.3, 0.4) is 0 Å². The summed E-state index contributed by atoms with van der Waals surface area (Å²) >= 11 is 0. The molecule has 0 spiro atoms. The van der Waals surface area contributed by atoms with Crippen LogP contribution in [0.25, 0.3) is 0 Å². The van der Waals surface area contributed by atoms with Crippen LogP contribution in [-0.2, 0) is 24.2 Å². The Bertz CT molecular complexity index is 676. The Balaban J connectivity index is 2.54. The first-order valence-electron chi connectivity index (χ1n) is 6.16. The molecule has 2 rings (SSSR count). The fraction of sp³-hybridized carbons (Fsp3) is 0.583. The van der Waals surface area contributed by atoms with Gasteiger partial charge in [-0.15, -0.1) is 0 Å². The molecular weight excluding hydrogens is 300 g/mol. The van der Waals surface area contributed by atoms with E-state index in [0.717, 1.165) is 11.0 Å². The fourth-order valence-electron chi connectivity index (χ4n) is 2.60. The van der Waals surface area contributed by atoms with Crippen LogP contribution < -0.4 is 0 Å². The lowest BCUT2D eigenvalue weighted by Crippen LogP contribution is -2.59. The number of fused-ring (bicyclic) bond motifs is 1. The van der Waals surface area contributed by atoms with E-state index in [1.165, 1.54) is 32.8 Å². The summed E-state index contributed by atoms with van der Waals surface area (Å²) in [4.78, 5) is 37.0. The molecule has 116 valence electrons. The highest BCUT2D eigenvalue weighted by atomic mass is 32.2. The smallest absolute Gasteiger partial charge is 0.328 e. The van der Waals surface area contributed by atoms with Gasteiger partial charge in [0, 0.05) is 20.2 Å². The zero-order valence-corrected chi connectivity index (χ0v) is 12.8. The summed E-state index contributed by atoms with van der Waals surface area (Å²) in [6.07, 6.45) is 0.960. The molecule has 8 nitrogen and oxygen atoms in total. The van der Waals surface area contributed by atoms with Gasteiger partial charge < -0.3 is 14.9 Å². The summed E-state index contributed by atoms with van der Waals surface area (Å²) in [5, 5.41) is 7.87. The summed E-state index contributed by atoms with van der Waals surface area (Å²) in [6.45, 7) is 2.55. The number of carbonyl (C=O) groups excluding carboxylic acids is 2. The highest BCUT2D eigenvalue weighted by Gasteiger charge is 2.70. The Morgan fingerprint density at radius 2 is 1.86 bits per heavy atom. The van der Waals surface area contributed by atoms with Gasteiger partial charge in [0.1, 0.15) is 4.75 Å². The van der Waals surface area contributed by atoms with Gasteiger partial charge in [-0.1, -0.05) is 0 Å². The fourth-order valence-corrected chi connectivity index (χ4v) is 4.72. The number of hydrogen-bond acceptors (Lipinski definition) is 5. The molecule has 2 atom stereocenters. The SMILES string of the molecule is CN(C)C(=O)/C=C1/C(=O)N2[C@@H](C(=O)O)C(C)(C)S(=O)(=O)[C@H]12. The van der Waals surface area contributed by atoms with Gasteiger partial charge in [0.2, 0.25) is 5.91 Å². The molecule has 2 aliphatic rings. The molecule has 0 bridgehead atoms. The van der Waals surface area contributed by atoms with Crippen LogP contribution in [0.2, 0.25) is 0 Å². The third-order valence-electron chi connectivity index (χ3n) is 3.92. The van der Waals surface area contributed by atoms with Crippen LogP contribution in [0, 0.1) is 0 Å². The van der Waals surface area contributed by atoms with E-state index in [1.54, 1.807) is 0 Å². The first kappa shape index (κ1) is 15.5. The minimum absolute atomic E-state index is 0.175. The zero-order chi connectivity index (χ0) is 16.3. The predicted octanol–water partition coefficient (Wildman–Crippen LogP) is -1.17. The van der Waals surface area contributed by atoms with E-state index in [-0.39, 0.29) is 5.57 Å². The summed E-state index contributed by atoms with van der Waals surface area (Å²) in [6, 6.07) is -1.45. The van der Waals surface area contributed by atoms with Gasteiger partial charge in [0.05, 0.1) is 5.57 Å². The molecular formula is C12H16N2O6S. The number of amides is 2. The summed E-state index contributed by atoms with van der Waals surface area (Å²) in [5.74, 6) is -2.63. The molecule has 2 fully saturated rings. The molecule has 9 heteroatoms. The molecule has 1 N–H and O–H groups in total. The van der Waals surface area contributed by atoms with Crippen LogP contribution >= 0.6 is 0 Å². The van der Waals surface area contributed by atoms with Gasteiger partial charge in [0.15, 0.2) is 21.3 Å². The predicted molar refractivity (Wildman–Crippen MR) is 71.8 cm³/mol. The van der Waals surface area contributed by atoms with Gasteiger partial charge in [-0.3, -0.25) is 9.59 Å². The lowest BCUT2D eigenvalue weighted by atomic mass is 9.95. The maximum absolute atomic E-state index is 12.5. The second kappa shape index (κ2) is 4.30. The molecule has 21 heavy (non-hydrogen) atoms. The maximum Gasteiger partial charge on any atom is 0.328 e. The number of sulfone groups is 1. The molecule has 0 radical (unpaired) electrons. The minimum Gasteiger partial charge on any atom is -0.480 e. The van der Waals surface area contributed by atoms with Crippen molar-refractivity contribution in [3.8, 4) is 0 Å². The number of hydrogen-bond donors (Lipinski definition) is 1. The van der Waals surface area contributed by atoms with Crippen molar-refractivity contribution in [3.05, 3.63) is 11.6 Å². The molecule has 0 saturated carbocycles. The van der Waals surface area contributed by atoms with Crippen molar-refractivity contribution in [2.45, 2.75) is 30.0 Å². The lowest BCUT2D eigenvalue weighted by molar-refractivity contribution is -0.152. The molecule has 0 aromatic heterocycles. The van der Waals surface area contributed by atoms with E-state index in [9.17, 15) is 27.9 Å². The number of carboxylic acid groups (broad SMARTS) is 1. The maximum atomic E-state index is 12.5. The summed E-state index contributed by atoms with van der Waals surface area (Å²) in [5.41, 5.74) is -0.175. The van der Waals surface area contributed by atoms with Crippen LogP contribution in [0.1, 0.15) is 13.8 Å². The number of carboxylic acids is 1. The Kier molecular flexibility index (Phi) is 3.17. The Hall–Kier alpha value is -1.90. The number of nitrogens with zero attached hydrogens (tertiary/aromatic N) is 2. The van der Waals surface area contributed by atoms with E-state index < -0.39 is 43.8 Å². The monoisotopic (exact) mass is 316 g/mol. The quantitative estimate of drug-likeness (QED) is 0.507. The largest absolute Gasteiger partial charge is 0.480 e. The van der Waals surface area contributed by atoms with E-state index in [1.807, 2.05) is 0 Å². The van der Waals surface area contributed by atoms with Crippen molar-refractivity contribution in [1.82, 2.24) is 9.80 Å². The number of β-lactam (4-membered cyclic amide) rings is 1. The average molecular weight is 316 g/mol. The van der Waals surface area contributed by atoms with Crippen LogP contribution in [0.5, 0.6) is 0 Å². The van der Waals surface area contributed by atoms with Gasteiger partial charge in [-0.2, -0.15) is 0 Å². The molecule has 0 aromatic carbocycles. The molecule has 2 aliphatic heterocycles. The minimum atomic E-state index is -3.93. The van der Waals surface area contributed by atoms with Crippen molar-refractivity contribution in [2.75, 3.05) is 14.1 Å². The number of carbonyl (C=O) groups is 3. The zero-order valence-electron chi connectivity index (χ0n) is 12.0. The van der Waals surface area contributed by atoms with Crippen molar-refractivity contribution < 1.29 is 27.9 Å². The van der Waals surface area contributed by atoms with Crippen molar-refractivity contribution >= 4 is 27.6 Å². The highest BCUT2D eigenvalue weighted by molar-refractivity contribution is 7.94. The molecule has 2 amide bonds. The first-order valence-corrected chi connectivity index (χ1v) is 7.71. The molecule has 0 unspecified atom stereocenters. The molecule has 0 aliphatic carbocycles. The third kappa shape index (κ3) is 1.80. The summed E-state index contributed by atoms with van der Waals surface area (Å²) < 4.78 is 23.3. The number of likely N-dealkylation sites (N-methyl/N-ethyl adjacent to an activating group) is 1. The average Bonchev–Trinajstić information content (AvgIpc) is 2.48. The van der Waals surface area contributed by atoms with Crippen LogP contribution in [0.15, 0.2) is 11.6 Å². The van der Waals surface area contributed by atoms with Gasteiger partial charge in [-0.05, 0) is 13.8 Å². The van der Waals surface area contributed by atoms with E-state index in [0.29, 0.717) is 0 Å². The Morgan fingerprint density at radius 3 is 2.29 bits per heavy atom. The van der Waals surface area contributed by atoms with E-state index in [2.05, 4.69) is 0 Å². The first-order chi connectivity index (χ1) is 9.44. The van der Waals surface area contributed by atoms with Gasteiger partial charge in [0.25, 0.3) is 5.91 Å². The van der Waals surface area contributed by atoms with Gasteiger partial charge in [-0.25, -0.2) is 13.2 Å². The molecule has 0 aromatic rings. The molecule has 2 heterocycles. The Morgan fingerprint density at radius 1 is 1.33 bits per heavy atom. The van der Waals surface area contributed by atoms with Crippen molar-refractivity contribution in [3.63, 3.8) is 0 Å². The van der Waals surface area contributed by atoms with Crippen molar-refractivity contribution in [1.29, 1.82) is 0 Å². The van der Waals surface area contributed by atoms with Gasteiger partial charge >= 0.3 is 5.97 Å². The number of aliphatic carboxylic acids is 1. The van der Waals surface area contributed by atoms with Crippen molar-refractivity contribution in [2.24, 2.45) is 0 Å². The normalized spacial score (nSPS) is 30.8. The van der Waals surface area contributed by atoms with E-state index >= 15 is 0 Å². The highest BCUT2D eigenvalue weighted by Crippen LogP contribution is 2.48. The van der Waals surface area contributed by atoms with Crippen LogP contribution in [0.4, 0.5) is 0 Å². The second-order valence-corrected chi connectivity index (χ2v) is 8.38. The standard InChI is InChI=1S/C12H16N2O6S/c1-12(2)8(11(17)18)14-9(16)6(5-7(15)13(3)4)10(14)21(12,19)20/h5,8,10H,1-4H3,(H,17,18)/b6-5-/t8-,10+/m0/s1. The summed E-state index contributed by atoms with van der Waals surface area (Å²) in [7, 11) is -0.997. The topological polar surface area (TPSA) is 112 Å². The lowest BCUT2D eigenvalue weighted by Gasteiger charge is -2.37. The van der Waals surface area contributed by atoms with E-state index in [4.69, 9.17) is 0 Å². The second-order valence-electron chi connectivity index (χ2n) is 5.79.